The molecule has 2 rings (SSSR count). The Hall–Kier alpha value is -0.610. The first-order valence-corrected chi connectivity index (χ1v) is 6.91. The fourth-order valence-corrected chi connectivity index (χ4v) is 2.67. The Labute approximate surface area is 111 Å². The van der Waals surface area contributed by atoms with E-state index in [0.717, 1.165) is 29.9 Å². The molecule has 1 unspecified atom stereocenters. The molecule has 0 aliphatic carbocycles. The van der Waals surface area contributed by atoms with Crippen LogP contribution in [0.4, 0.5) is 5.82 Å². The first kappa shape index (κ1) is 12.8. The lowest BCUT2D eigenvalue weighted by Gasteiger charge is -2.28. The van der Waals surface area contributed by atoms with Crippen LogP contribution in [0.15, 0.2) is 16.7 Å². The summed E-state index contributed by atoms with van der Waals surface area (Å²) in [5, 5.41) is 0. The lowest BCUT2D eigenvalue weighted by molar-refractivity contribution is 0.0215. The molecule has 1 aliphatic rings. The molecule has 1 aromatic rings. The fraction of sp³-hybridized carbons (Fsp3) is 0.615. The molecule has 1 aromatic heterocycles. The van der Waals surface area contributed by atoms with Crippen LogP contribution in [0.2, 0.25) is 0 Å². The van der Waals surface area contributed by atoms with Crippen LogP contribution in [-0.2, 0) is 4.74 Å². The molecule has 0 saturated carbocycles. The standard InChI is InChI=1S/C13H19BrN2O/c1-10-6-7-15-13(12(10)14)16(2)9-11-5-3-4-8-17-11/h6-7,11H,3-5,8-9H2,1-2H3. The largest absolute Gasteiger partial charge is 0.376 e. The van der Waals surface area contributed by atoms with E-state index in [4.69, 9.17) is 4.74 Å². The number of halogens is 1. The number of pyridine rings is 1. The number of rotatable bonds is 3. The smallest absolute Gasteiger partial charge is 0.142 e. The van der Waals surface area contributed by atoms with Crippen LogP contribution in [0.1, 0.15) is 24.8 Å². The van der Waals surface area contributed by atoms with Crippen LogP contribution in [0.25, 0.3) is 0 Å². The van der Waals surface area contributed by atoms with Crippen molar-refractivity contribution in [3.8, 4) is 0 Å². The molecule has 0 bridgehead atoms. The van der Waals surface area contributed by atoms with Crippen molar-refractivity contribution in [1.29, 1.82) is 0 Å². The van der Waals surface area contributed by atoms with Gasteiger partial charge in [0.25, 0.3) is 0 Å². The van der Waals surface area contributed by atoms with Gasteiger partial charge in [-0.05, 0) is 53.7 Å². The average Bonchev–Trinajstić information content (AvgIpc) is 2.34. The highest BCUT2D eigenvalue weighted by atomic mass is 79.9. The minimum Gasteiger partial charge on any atom is -0.376 e. The third kappa shape index (κ3) is 3.19. The minimum atomic E-state index is 0.350. The van der Waals surface area contributed by atoms with Crippen LogP contribution >= 0.6 is 15.9 Å². The van der Waals surface area contributed by atoms with Crippen LogP contribution in [-0.4, -0.2) is 31.3 Å². The zero-order valence-corrected chi connectivity index (χ0v) is 12.0. The fourth-order valence-electron chi connectivity index (χ4n) is 2.14. The van der Waals surface area contributed by atoms with Gasteiger partial charge in [-0.3, -0.25) is 0 Å². The maximum absolute atomic E-state index is 5.76. The van der Waals surface area contributed by atoms with E-state index in [1.807, 2.05) is 12.3 Å². The van der Waals surface area contributed by atoms with Crippen LogP contribution in [0.5, 0.6) is 0 Å². The second-order valence-corrected chi connectivity index (χ2v) is 5.43. The van der Waals surface area contributed by atoms with Crippen molar-refractivity contribution in [2.75, 3.05) is 25.1 Å². The molecule has 2 heterocycles. The number of aromatic nitrogens is 1. The van der Waals surface area contributed by atoms with E-state index >= 15 is 0 Å². The Kier molecular flexibility index (Phi) is 4.40. The average molecular weight is 299 g/mol. The van der Waals surface area contributed by atoms with Crippen LogP contribution < -0.4 is 4.90 Å². The Balaban J connectivity index is 2.03. The molecular weight excluding hydrogens is 280 g/mol. The Bertz CT molecular complexity index is 378. The summed E-state index contributed by atoms with van der Waals surface area (Å²) in [4.78, 5) is 6.60. The maximum Gasteiger partial charge on any atom is 0.142 e. The van der Waals surface area contributed by atoms with Crippen molar-refractivity contribution in [3.05, 3.63) is 22.3 Å². The number of nitrogens with zero attached hydrogens (tertiary/aromatic N) is 2. The van der Waals surface area contributed by atoms with Crippen molar-refractivity contribution in [2.24, 2.45) is 0 Å². The summed E-state index contributed by atoms with van der Waals surface area (Å²) < 4.78 is 6.84. The molecule has 17 heavy (non-hydrogen) atoms. The maximum atomic E-state index is 5.76. The third-order valence-electron chi connectivity index (χ3n) is 3.18. The molecule has 94 valence electrons. The number of anilines is 1. The van der Waals surface area contributed by atoms with Gasteiger partial charge >= 0.3 is 0 Å². The van der Waals surface area contributed by atoms with E-state index in [1.54, 1.807) is 0 Å². The third-order valence-corrected chi connectivity index (χ3v) is 4.16. The molecule has 1 aliphatic heterocycles. The number of aryl methyl sites for hydroxylation is 1. The monoisotopic (exact) mass is 298 g/mol. The van der Waals surface area contributed by atoms with E-state index in [-0.39, 0.29) is 0 Å². The predicted molar refractivity (Wildman–Crippen MR) is 73.5 cm³/mol. The van der Waals surface area contributed by atoms with Gasteiger partial charge in [-0.2, -0.15) is 0 Å². The molecule has 4 heteroatoms. The summed E-state index contributed by atoms with van der Waals surface area (Å²) in [5.74, 6) is 0.999. The van der Waals surface area contributed by atoms with Crippen molar-refractivity contribution < 1.29 is 4.74 Å². The molecule has 0 aromatic carbocycles. The van der Waals surface area contributed by atoms with E-state index in [9.17, 15) is 0 Å². The molecular formula is C13H19BrN2O. The molecule has 1 saturated heterocycles. The summed E-state index contributed by atoms with van der Waals surface area (Å²) in [5.41, 5.74) is 1.21. The first-order valence-electron chi connectivity index (χ1n) is 6.12. The number of hydrogen-bond acceptors (Lipinski definition) is 3. The van der Waals surface area contributed by atoms with Gasteiger partial charge in [0.1, 0.15) is 5.82 Å². The normalized spacial score (nSPS) is 20.3. The van der Waals surface area contributed by atoms with Crippen molar-refractivity contribution >= 4 is 21.7 Å². The van der Waals surface area contributed by atoms with Gasteiger partial charge in [-0.25, -0.2) is 4.98 Å². The molecule has 1 atom stereocenters. The topological polar surface area (TPSA) is 25.4 Å². The second kappa shape index (κ2) is 5.83. The highest BCUT2D eigenvalue weighted by Gasteiger charge is 2.18. The van der Waals surface area contributed by atoms with Gasteiger partial charge in [0.05, 0.1) is 10.6 Å². The van der Waals surface area contributed by atoms with Crippen molar-refractivity contribution in [3.63, 3.8) is 0 Å². The number of hydrogen-bond donors (Lipinski definition) is 0. The molecule has 1 fully saturated rings. The highest BCUT2D eigenvalue weighted by molar-refractivity contribution is 9.10. The van der Waals surface area contributed by atoms with Crippen LogP contribution in [0.3, 0.4) is 0 Å². The van der Waals surface area contributed by atoms with Crippen molar-refractivity contribution in [1.82, 2.24) is 4.98 Å². The Morgan fingerprint density at radius 1 is 1.53 bits per heavy atom. The summed E-state index contributed by atoms with van der Waals surface area (Å²) >= 11 is 3.60. The van der Waals surface area contributed by atoms with Gasteiger partial charge in [-0.15, -0.1) is 0 Å². The SMILES string of the molecule is Cc1ccnc(N(C)CC2CCCCO2)c1Br. The lowest BCUT2D eigenvalue weighted by Crippen LogP contribution is -2.34. The van der Waals surface area contributed by atoms with Crippen molar-refractivity contribution in [2.45, 2.75) is 32.3 Å². The quantitative estimate of drug-likeness (QED) is 0.857. The molecule has 3 nitrogen and oxygen atoms in total. The number of likely N-dealkylation sites (N-methyl/N-ethyl adjacent to an activating group) is 1. The summed E-state index contributed by atoms with van der Waals surface area (Å²) in [6.07, 6.45) is 5.84. The molecule has 0 spiro atoms. The van der Waals surface area contributed by atoms with Gasteiger partial charge in [0, 0.05) is 26.4 Å². The summed E-state index contributed by atoms with van der Waals surface area (Å²) in [6, 6.07) is 2.01. The predicted octanol–water partition coefficient (Wildman–Crippen LogP) is 3.16. The molecule has 0 radical (unpaired) electrons. The molecule has 0 N–H and O–H groups in total. The number of ether oxygens (including phenoxy) is 1. The highest BCUT2D eigenvalue weighted by Crippen LogP contribution is 2.26. The van der Waals surface area contributed by atoms with Crippen LogP contribution in [0, 0.1) is 6.92 Å². The van der Waals surface area contributed by atoms with E-state index in [2.05, 4.69) is 39.8 Å². The Morgan fingerprint density at radius 3 is 3.06 bits per heavy atom. The zero-order chi connectivity index (χ0) is 12.3. The zero-order valence-electron chi connectivity index (χ0n) is 10.4. The Morgan fingerprint density at radius 2 is 2.35 bits per heavy atom. The summed E-state index contributed by atoms with van der Waals surface area (Å²) in [7, 11) is 2.07. The van der Waals surface area contributed by atoms with Gasteiger partial charge in [0.2, 0.25) is 0 Å². The van der Waals surface area contributed by atoms with Gasteiger partial charge < -0.3 is 9.64 Å². The van der Waals surface area contributed by atoms with E-state index in [1.165, 1.54) is 18.4 Å². The van der Waals surface area contributed by atoms with E-state index < -0.39 is 0 Å². The second-order valence-electron chi connectivity index (χ2n) is 4.63. The molecule has 0 amide bonds. The lowest BCUT2D eigenvalue weighted by atomic mass is 10.1. The summed E-state index contributed by atoms with van der Waals surface area (Å²) in [6.45, 7) is 3.90. The minimum absolute atomic E-state index is 0.350. The first-order chi connectivity index (χ1) is 8.18. The van der Waals surface area contributed by atoms with Gasteiger partial charge in [-0.1, -0.05) is 0 Å². The van der Waals surface area contributed by atoms with E-state index in [0.29, 0.717) is 6.10 Å². The van der Waals surface area contributed by atoms with Gasteiger partial charge in [0.15, 0.2) is 0 Å².